The molecule has 0 aliphatic heterocycles. The number of methoxy groups -OCH3 is 1. The van der Waals surface area contributed by atoms with Gasteiger partial charge in [-0.25, -0.2) is 0 Å². The van der Waals surface area contributed by atoms with Crippen molar-refractivity contribution in [3.05, 3.63) is 6.07 Å². The molecule has 0 heterocycles. The van der Waals surface area contributed by atoms with Crippen LogP contribution in [0, 0.1) is 6.07 Å². The number of hydrogen-bond donors (Lipinski definition) is 0. The fourth-order valence-electron chi connectivity index (χ4n) is 0. The minimum absolute atomic E-state index is 1.10. The number of hydrogen-bond acceptors (Lipinski definition) is 1. The molecule has 4 heavy (non-hydrogen) atoms. The Morgan fingerprint density at radius 1 is 2.00 bits per heavy atom. The van der Waals surface area contributed by atoms with Crippen molar-refractivity contribution in [2.45, 2.75) is 0 Å². The number of ether oxygens (including phenoxy) is 1. The third-order valence-corrected chi connectivity index (χ3v) is 0.267. The quantitative estimate of drug-likeness (QED) is 0.456. The van der Waals surface area contributed by atoms with E-state index in [0.29, 0.717) is 0 Å². The molecular formula is C2H4ClO. The third-order valence-electron chi connectivity index (χ3n) is 0.0891. The smallest absolute Gasteiger partial charge is 0.170 e. The SMILES string of the molecule is CO[CH]Cl. The molecule has 25 valence electrons. The van der Waals surface area contributed by atoms with Crippen LogP contribution in [0.15, 0.2) is 0 Å². The molecule has 0 fully saturated rings. The average Bonchev–Trinajstić information content (AvgIpc) is 1.37. The van der Waals surface area contributed by atoms with E-state index in [1.54, 1.807) is 0 Å². The van der Waals surface area contributed by atoms with E-state index in [4.69, 9.17) is 11.6 Å². The highest BCUT2D eigenvalue weighted by atomic mass is 35.5. The average molecular weight is 79.5 g/mol. The standard InChI is InChI=1S/C2H4ClO/c1-4-2-3/h2H,1H3. The van der Waals surface area contributed by atoms with Crippen molar-refractivity contribution in [1.82, 2.24) is 0 Å². The lowest BCUT2D eigenvalue weighted by atomic mass is 11.5. The van der Waals surface area contributed by atoms with Gasteiger partial charge in [0.1, 0.15) is 0 Å². The highest BCUT2D eigenvalue weighted by Gasteiger charge is 1.56. The molecule has 0 spiro atoms. The van der Waals surface area contributed by atoms with E-state index in [9.17, 15) is 0 Å². The second-order valence-corrected chi connectivity index (χ2v) is 0.503. The van der Waals surface area contributed by atoms with Crippen molar-refractivity contribution < 1.29 is 4.74 Å². The van der Waals surface area contributed by atoms with Crippen molar-refractivity contribution >= 4 is 11.6 Å². The van der Waals surface area contributed by atoms with E-state index >= 15 is 0 Å². The molecule has 0 saturated heterocycles. The van der Waals surface area contributed by atoms with Crippen LogP contribution in [0.3, 0.4) is 0 Å². The maximum Gasteiger partial charge on any atom is 0.170 e. The Balaban J connectivity index is 1.97. The second kappa shape index (κ2) is 3.25. The molecule has 0 unspecified atom stereocenters. The second-order valence-electron chi connectivity index (χ2n) is 0.325. The summed E-state index contributed by atoms with van der Waals surface area (Å²) in [7, 11) is 1.49. The summed E-state index contributed by atoms with van der Waals surface area (Å²) in [6, 6.07) is 1.10. The predicted molar refractivity (Wildman–Crippen MR) is 17.2 cm³/mol. The Hall–Kier alpha value is 0.250. The molecule has 0 N–H and O–H groups in total. The van der Waals surface area contributed by atoms with Crippen molar-refractivity contribution in [3.63, 3.8) is 0 Å². The molecule has 0 aromatic carbocycles. The van der Waals surface area contributed by atoms with Crippen LogP contribution in [-0.2, 0) is 4.74 Å². The van der Waals surface area contributed by atoms with Crippen LogP contribution in [0.4, 0.5) is 0 Å². The maximum atomic E-state index is 4.84. The third kappa shape index (κ3) is 2.25. The van der Waals surface area contributed by atoms with Crippen LogP contribution in [0.2, 0.25) is 0 Å². The Bertz CT molecular complexity index is 8.00. The van der Waals surface area contributed by atoms with Gasteiger partial charge in [-0.2, -0.15) is 0 Å². The monoisotopic (exact) mass is 79.0 g/mol. The van der Waals surface area contributed by atoms with E-state index in [-0.39, 0.29) is 0 Å². The first-order valence-electron chi connectivity index (χ1n) is 0.862. The van der Waals surface area contributed by atoms with Gasteiger partial charge in [0.2, 0.25) is 0 Å². The molecule has 0 atom stereocenters. The summed E-state index contributed by atoms with van der Waals surface area (Å²) in [5.41, 5.74) is 0. The molecular weight excluding hydrogens is 75.5 g/mol. The lowest BCUT2D eigenvalue weighted by Crippen LogP contribution is -1.59. The van der Waals surface area contributed by atoms with Crippen LogP contribution in [0.1, 0.15) is 0 Å². The van der Waals surface area contributed by atoms with Crippen molar-refractivity contribution in [2.24, 2.45) is 0 Å². The predicted octanol–water partition coefficient (Wildman–Crippen LogP) is 0.991. The van der Waals surface area contributed by atoms with Gasteiger partial charge < -0.3 is 4.74 Å². The van der Waals surface area contributed by atoms with Crippen LogP contribution < -0.4 is 0 Å². The van der Waals surface area contributed by atoms with Gasteiger partial charge in [-0.3, -0.25) is 0 Å². The normalized spacial score (nSPS) is 7.50. The van der Waals surface area contributed by atoms with Gasteiger partial charge in [-0.05, 0) is 0 Å². The zero-order chi connectivity index (χ0) is 3.41. The molecule has 0 rings (SSSR count). The Morgan fingerprint density at radius 2 is 2.25 bits per heavy atom. The van der Waals surface area contributed by atoms with Crippen LogP contribution in [0.5, 0.6) is 0 Å². The summed E-state index contributed by atoms with van der Waals surface area (Å²) >= 11 is 4.84. The molecule has 0 bridgehead atoms. The molecule has 2 heteroatoms. The Morgan fingerprint density at radius 3 is 2.25 bits per heavy atom. The summed E-state index contributed by atoms with van der Waals surface area (Å²) in [6.45, 7) is 0. The van der Waals surface area contributed by atoms with Gasteiger partial charge in [0, 0.05) is 7.11 Å². The first-order chi connectivity index (χ1) is 1.91. The van der Waals surface area contributed by atoms with Crippen LogP contribution in [-0.4, -0.2) is 7.11 Å². The molecule has 1 radical (unpaired) electrons. The fourth-order valence-corrected chi connectivity index (χ4v) is 0. The lowest BCUT2D eigenvalue weighted by molar-refractivity contribution is 0.312. The highest BCUT2D eigenvalue weighted by molar-refractivity contribution is 6.21. The Kier molecular flexibility index (Phi) is 3.45. The van der Waals surface area contributed by atoms with Crippen molar-refractivity contribution in [3.8, 4) is 0 Å². The first kappa shape index (κ1) is 4.25. The molecule has 0 aromatic rings. The summed E-state index contributed by atoms with van der Waals surface area (Å²) < 4.78 is 4.18. The topological polar surface area (TPSA) is 9.23 Å². The molecule has 0 aliphatic rings. The summed E-state index contributed by atoms with van der Waals surface area (Å²) in [5.74, 6) is 0. The molecule has 0 saturated carbocycles. The van der Waals surface area contributed by atoms with Crippen molar-refractivity contribution in [2.75, 3.05) is 7.11 Å². The number of rotatable bonds is 1. The zero-order valence-electron chi connectivity index (χ0n) is 2.36. The summed E-state index contributed by atoms with van der Waals surface area (Å²) in [5, 5.41) is 0. The van der Waals surface area contributed by atoms with E-state index in [1.807, 2.05) is 0 Å². The van der Waals surface area contributed by atoms with Crippen LogP contribution >= 0.6 is 11.6 Å². The van der Waals surface area contributed by atoms with E-state index in [1.165, 1.54) is 7.11 Å². The first-order valence-corrected chi connectivity index (χ1v) is 1.30. The molecule has 1 nitrogen and oxygen atoms in total. The number of halogens is 1. The largest absolute Gasteiger partial charge is 0.362 e. The molecule has 0 aliphatic carbocycles. The Labute approximate surface area is 30.5 Å². The van der Waals surface area contributed by atoms with Gasteiger partial charge in [-0.15, -0.1) is 0 Å². The summed E-state index contributed by atoms with van der Waals surface area (Å²) in [4.78, 5) is 0. The fraction of sp³-hybridized carbons (Fsp3) is 0.500. The van der Waals surface area contributed by atoms with Gasteiger partial charge in [0.25, 0.3) is 0 Å². The van der Waals surface area contributed by atoms with Crippen LogP contribution in [0.25, 0.3) is 0 Å². The van der Waals surface area contributed by atoms with Crippen molar-refractivity contribution in [1.29, 1.82) is 0 Å². The highest BCUT2D eigenvalue weighted by Crippen LogP contribution is 1.77. The van der Waals surface area contributed by atoms with E-state index in [0.717, 1.165) is 6.07 Å². The minimum atomic E-state index is 1.10. The van der Waals surface area contributed by atoms with Gasteiger partial charge in [-0.1, -0.05) is 11.6 Å². The lowest BCUT2D eigenvalue weighted by Gasteiger charge is -1.72. The van der Waals surface area contributed by atoms with Gasteiger partial charge in [0.05, 0.1) is 0 Å². The van der Waals surface area contributed by atoms with Gasteiger partial charge >= 0.3 is 0 Å². The molecule has 0 aromatic heterocycles. The maximum absolute atomic E-state index is 4.84. The van der Waals surface area contributed by atoms with E-state index < -0.39 is 0 Å². The van der Waals surface area contributed by atoms with E-state index in [2.05, 4.69) is 4.74 Å². The zero-order valence-corrected chi connectivity index (χ0v) is 3.12. The van der Waals surface area contributed by atoms with Gasteiger partial charge in [0.15, 0.2) is 6.07 Å². The summed E-state index contributed by atoms with van der Waals surface area (Å²) in [6.07, 6.45) is 0. The minimum Gasteiger partial charge on any atom is -0.362 e. The molecule has 0 amide bonds.